The van der Waals surface area contributed by atoms with Crippen LogP contribution in [0, 0.1) is 13.8 Å². The molecule has 1 atom stereocenters. The summed E-state index contributed by atoms with van der Waals surface area (Å²) in [7, 11) is 1.95. The van der Waals surface area contributed by atoms with Gasteiger partial charge in [0.05, 0.1) is 29.7 Å². The van der Waals surface area contributed by atoms with Crippen molar-refractivity contribution in [2.45, 2.75) is 19.9 Å². The monoisotopic (exact) mass is 233 g/mol. The molecule has 4 heteroatoms. The lowest BCUT2D eigenvalue weighted by molar-refractivity contribution is 0.676. The minimum absolute atomic E-state index is 0.136. The van der Waals surface area contributed by atoms with Gasteiger partial charge in [-0.25, -0.2) is 0 Å². The lowest BCUT2D eigenvalue weighted by atomic mass is 10.00. The summed E-state index contributed by atoms with van der Waals surface area (Å²) in [6.07, 6.45) is 1.82. The smallest absolute Gasteiger partial charge is 0.0957 e. The van der Waals surface area contributed by atoms with Gasteiger partial charge in [-0.2, -0.15) is 8.75 Å². The van der Waals surface area contributed by atoms with Gasteiger partial charge in [0.1, 0.15) is 0 Å². The summed E-state index contributed by atoms with van der Waals surface area (Å²) in [6, 6.07) is 6.69. The molecule has 0 bridgehead atoms. The topological polar surface area (TPSA) is 37.8 Å². The number of rotatable bonds is 3. The van der Waals surface area contributed by atoms with E-state index in [1.807, 2.05) is 13.2 Å². The maximum atomic E-state index is 4.29. The fourth-order valence-corrected chi connectivity index (χ4v) is 2.41. The van der Waals surface area contributed by atoms with Crippen LogP contribution in [0.25, 0.3) is 0 Å². The maximum Gasteiger partial charge on any atom is 0.0957 e. The van der Waals surface area contributed by atoms with Crippen molar-refractivity contribution >= 4 is 11.7 Å². The Kier molecular flexibility index (Phi) is 3.31. The first-order valence-corrected chi connectivity index (χ1v) is 5.96. The van der Waals surface area contributed by atoms with Gasteiger partial charge in [0.25, 0.3) is 0 Å². The van der Waals surface area contributed by atoms with E-state index >= 15 is 0 Å². The van der Waals surface area contributed by atoms with Gasteiger partial charge in [-0.15, -0.1) is 0 Å². The van der Waals surface area contributed by atoms with Crippen LogP contribution >= 0.6 is 11.7 Å². The summed E-state index contributed by atoms with van der Waals surface area (Å²) in [5, 5.41) is 3.28. The van der Waals surface area contributed by atoms with E-state index in [0.29, 0.717) is 0 Å². The van der Waals surface area contributed by atoms with E-state index in [1.165, 1.54) is 28.4 Å². The first kappa shape index (κ1) is 11.2. The van der Waals surface area contributed by atoms with Crippen molar-refractivity contribution in [3.63, 3.8) is 0 Å². The fourth-order valence-electron chi connectivity index (χ4n) is 1.96. The number of aromatic nitrogens is 2. The number of nitrogens with zero attached hydrogens (tertiary/aromatic N) is 2. The zero-order valence-corrected chi connectivity index (χ0v) is 10.5. The Morgan fingerprint density at radius 1 is 1.19 bits per heavy atom. The van der Waals surface area contributed by atoms with E-state index in [9.17, 15) is 0 Å². The average Bonchev–Trinajstić information content (AvgIpc) is 2.70. The van der Waals surface area contributed by atoms with Gasteiger partial charge in [0.2, 0.25) is 0 Å². The van der Waals surface area contributed by atoms with E-state index < -0.39 is 0 Å². The number of benzene rings is 1. The molecular weight excluding hydrogens is 218 g/mol. The van der Waals surface area contributed by atoms with Crippen molar-refractivity contribution in [2.75, 3.05) is 7.05 Å². The molecule has 1 N–H and O–H groups in total. The molecule has 0 aliphatic carbocycles. The van der Waals surface area contributed by atoms with Gasteiger partial charge in [-0.05, 0) is 26.5 Å². The zero-order chi connectivity index (χ0) is 11.5. The standard InChI is InChI=1S/C12H15N3S/c1-8-4-9(2)6-10(5-8)12(13-3)11-7-14-16-15-11/h4-7,12-13H,1-3H3. The van der Waals surface area contributed by atoms with Gasteiger partial charge in [-0.1, -0.05) is 29.3 Å². The second kappa shape index (κ2) is 4.72. The molecule has 3 nitrogen and oxygen atoms in total. The first-order valence-electron chi connectivity index (χ1n) is 5.23. The molecule has 1 unspecified atom stereocenters. The Balaban J connectivity index is 2.41. The highest BCUT2D eigenvalue weighted by atomic mass is 32.1. The number of hydrogen-bond acceptors (Lipinski definition) is 4. The number of aryl methyl sites for hydroxylation is 2. The number of nitrogens with one attached hydrogen (secondary N) is 1. The van der Waals surface area contributed by atoms with E-state index in [-0.39, 0.29) is 6.04 Å². The van der Waals surface area contributed by atoms with Gasteiger partial charge in [-0.3, -0.25) is 0 Å². The Bertz CT molecular complexity index is 445. The minimum Gasteiger partial charge on any atom is -0.308 e. The predicted octanol–water partition coefficient (Wildman–Crippen LogP) is 2.46. The van der Waals surface area contributed by atoms with Crippen molar-refractivity contribution in [1.29, 1.82) is 0 Å². The second-order valence-corrected chi connectivity index (χ2v) is 4.53. The Labute approximate surface area is 99.9 Å². The zero-order valence-electron chi connectivity index (χ0n) is 9.69. The van der Waals surface area contributed by atoms with Crippen LogP contribution in [0.4, 0.5) is 0 Å². The minimum atomic E-state index is 0.136. The summed E-state index contributed by atoms with van der Waals surface area (Å²) in [6.45, 7) is 4.23. The molecule has 0 radical (unpaired) electrons. The Morgan fingerprint density at radius 3 is 2.38 bits per heavy atom. The SMILES string of the molecule is CNC(c1cc(C)cc(C)c1)c1cnsn1. The van der Waals surface area contributed by atoms with Gasteiger partial charge in [0.15, 0.2) is 0 Å². The van der Waals surface area contributed by atoms with Crippen LogP contribution in [0.3, 0.4) is 0 Å². The van der Waals surface area contributed by atoms with Crippen molar-refractivity contribution in [3.05, 3.63) is 46.8 Å². The molecule has 2 rings (SSSR count). The molecule has 1 heterocycles. The molecular formula is C12H15N3S. The molecule has 1 aromatic heterocycles. The van der Waals surface area contributed by atoms with Crippen molar-refractivity contribution < 1.29 is 0 Å². The highest BCUT2D eigenvalue weighted by Gasteiger charge is 2.14. The highest BCUT2D eigenvalue weighted by Crippen LogP contribution is 2.22. The summed E-state index contributed by atoms with van der Waals surface area (Å²) in [5.74, 6) is 0. The van der Waals surface area contributed by atoms with Crippen molar-refractivity contribution in [2.24, 2.45) is 0 Å². The van der Waals surface area contributed by atoms with E-state index in [0.717, 1.165) is 5.69 Å². The molecule has 16 heavy (non-hydrogen) atoms. The Hall–Kier alpha value is -1.26. The summed E-state index contributed by atoms with van der Waals surface area (Å²) in [5.41, 5.74) is 4.78. The second-order valence-electron chi connectivity index (χ2n) is 3.98. The molecule has 0 saturated heterocycles. The normalized spacial score (nSPS) is 12.7. The molecule has 2 aromatic rings. The summed E-state index contributed by atoms with van der Waals surface area (Å²) >= 11 is 1.25. The average molecular weight is 233 g/mol. The van der Waals surface area contributed by atoms with Crippen molar-refractivity contribution in [1.82, 2.24) is 14.1 Å². The third-order valence-corrected chi connectivity index (χ3v) is 3.03. The van der Waals surface area contributed by atoms with E-state index in [1.54, 1.807) is 0 Å². The third-order valence-electron chi connectivity index (χ3n) is 2.54. The van der Waals surface area contributed by atoms with E-state index in [4.69, 9.17) is 0 Å². The van der Waals surface area contributed by atoms with Crippen LogP contribution < -0.4 is 5.32 Å². The van der Waals surface area contributed by atoms with Gasteiger partial charge < -0.3 is 5.32 Å². The van der Waals surface area contributed by atoms with Crippen LogP contribution in [0.15, 0.2) is 24.4 Å². The molecule has 0 saturated carbocycles. The summed E-state index contributed by atoms with van der Waals surface area (Å²) in [4.78, 5) is 0. The molecule has 0 fully saturated rings. The Morgan fingerprint density at radius 2 is 1.88 bits per heavy atom. The molecule has 0 aliphatic rings. The molecule has 0 aliphatic heterocycles. The maximum absolute atomic E-state index is 4.29. The first-order chi connectivity index (χ1) is 7.70. The van der Waals surface area contributed by atoms with Crippen molar-refractivity contribution in [3.8, 4) is 0 Å². The fraction of sp³-hybridized carbons (Fsp3) is 0.333. The predicted molar refractivity (Wildman–Crippen MR) is 66.7 cm³/mol. The van der Waals surface area contributed by atoms with Crippen LogP contribution in [-0.2, 0) is 0 Å². The van der Waals surface area contributed by atoms with Gasteiger partial charge in [0, 0.05) is 0 Å². The van der Waals surface area contributed by atoms with E-state index in [2.05, 4.69) is 46.1 Å². The summed E-state index contributed by atoms with van der Waals surface area (Å²) < 4.78 is 8.34. The van der Waals surface area contributed by atoms with Crippen LogP contribution in [0.1, 0.15) is 28.4 Å². The molecule has 1 aromatic carbocycles. The van der Waals surface area contributed by atoms with Crippen LogP contribution in [0.5, 0.6) is 0 Å². The lowest BCUT2D eigenvalue weighted by Crippen LogP contribution is -2.18. The largest absolute Gasteiger partial charge is 0.308 e. The molecule has 84 valence electrons. The van der Waals surface area contributed by atoms with Crippen LogP contribution in [0.2, 0.25) is 0 Å². The van der Waals surface area contributed by atoms with Crippen LogP contribution in [-0.4, -0.2) is 15.8 Å². The lowest BCUT2D eigenvalue weighted by Gasteiger charge is -2.15. The highest BCUT2D eigenvalue weighted by molar-refractivity contribution is 6.99. The molecule has 0 spiro atoms. The van der Waals surface area contributed by atoms with Gasteiger partial charge >= 0.3 is 0 Å². The quantitative estimate of drug-likeness (QED) is 0.885. The third kappa shape index (κ3) is 2.28. The molecule has 0 amide bonds. The number of hydrogen-bond donors (Lipinski definition) is 1.